The van der Waals surface area contributed by atoms with E-state index in [2.05, 4.69) is 12.2 Å². The highest BCUT2D eigenvalue weighted by Crippen LogP contribution is 2.24. The largest absolute Gasteiger partial charge is 0.398 e. The first-order chi connectivity index (χ1) is 8.58. The number of amides is 1. The third-order valence-electron chi connectivity index (χ3n) is 3.89. The van der Waals surface area contributed by atoms with Crippen LogP contribution in [0, 0.1) is 12.8 Å². The molecule has 0 bridgehead atoms. The van der Waals surface area contributed by atoms with Crippen LogP contribution in [-0.4, -0.2) is 11.9 Å². The number of rotatable bonds is 2. The lowest BCUT2D eigenvalue weighted by Gasteiger charge is -2.27. The molecule has 0 radical (unpaired) electrons. The number of carbonyl (C=O) groups is 1. The molecule has 1 saturated carbocycles. The van der Waals surface area contributed by atoms with Crippen LogP contribution in [0.5, 0.6) is 0 Å². The number of nitrogens with two attached hydrogens (primary N) is 1. The Bertz CT molecular complexity index is 442. The maximum Gasteiger partial charge on any atom is 0.251 e. The van der Waals surface area contributed by atoms with Gasteiger partial charge in [0.25, 0.3) is 5.91 Å². The van der Waals surface area contributed by atoms with Crippen LogP contribution in [0.25, 0.3) is 0 Å². The number of nitrogens with one attached hydrogen (secondary N) is 1. The second-order valence-electron chi connectivity index (χ2n) is 5.46. The summed E-state index contributed by atoms with van der Waals surface area (Å²) < 4.78 is 0. The normalized spacial score (nSPS) is 23.7. The van der Waals surface area contributed by atoms with Gasteiger partial charge >= 0.3 is 0 Å². The van der Waals surface area contributed by atoms with Gasteiger partial charge in [-0.05, 0) is 43.4 Å². The Hall–Kier alpha value is -1.51. The summed E-state index contributed by atoms with van der Waals surface area (Å²) in [6.45, 7) is 4.15. The fourth-order valence-corrected chi connectivity index (χ4v) is 2.73. The van der Waals surface area contributed by atoms with Crippen molar-refractivity contribution in [2.24, 2.45) is 5.92 Å². The molecule has 0 spiro atoms. The Morgan fingerprint density at radius 2 is 2.17 bits per heavy atom. The summed E-state index contributed by atoms with van der Waals surface area (Å²) in [5.41, 5.74) is 8.09. The zero-order valence-corrected chi connectivity index (χ0v) is 11.2. The molecule has 2 rings (SSSR count). The van der Waals surface area contributed by atoms with Crippen LogP contribution in [0.1, 0.15) is 48.5 Å². The van der Waals surface area contributed by atoms with Crippen LogP contribution in [0.3, 0.4) is 0 Å². The number of hydrogen-bond acceptors (Lipinski definition) is 2. The first-order valence-corrected chi connectivity index (χ1v) is 6.74. The summed E-state index contributed by atoms with van der Waals surface area (Å²) in [6.07, 6.45) is 4.68. The van der Waals surface area contributed by atoms with Crippen molar-refractivity contribution >= 4 is 11.6 Å². The average Bonchev–Trinajstić information content (AvgIpc) is 2.32. The molecule has 0 saturated heterocycles. The molecule has 1 aromatic carbocycles. The fraction of sp³-hybridized carbons (Fsp3) is 0.533. The molecule has 1 amide bonds. The SMILES string of the molecule is Cc1c(N)cccc1C(=O)NC1CCCC(C)C1. The van der Waals surface area contributed by atoms with Gasteiger partial charge in [-0.3, -0.25) is 4.79 Å². The summed E-state index contributed by atoms with van der Waals surface area (Å²) in [4.78, 5) is 12.2. The minimum Gasteiger partial charge on any atom is -0.398 e. The van der Waals surface area contributed by atoms with Crippen LogP contribution < -0.4 is 11.1 Å². The molecule has 18 heavy (non-hydrogen) atoms. The van der Waals surface area contributed by atoms with E-state index in [0.29, 0.717) is 23.2 Å². The molecule has 0 aromatic heterocycles. The Labute approximate surface area is 109 Å². The molecule has 1 aliphatic rings. The fourth-order valence-electron chi connectivity index (χ4n) is 2.73. The highest BCUT2D eigenvalue weighted by molar-refractivity contribution is 5.97. The highest BCUT2D eigenvalue weighted by atomic mass is 16.1. The van der Waals surface area contributed by atoms with Crippen molar-refractivity contribution in [3.63, 3.8) is 0 Å². The lowest BCUT2D eigenvalue weighted by Crippen LogP contribution is -2.38. The molecule has 98 valence electrons. The van der Waals surface area contributed by atoms with Crippen LogP contribution in [0.2, 0.25) is 0 Å². The number of carbonyl (C=O) groups excluding carboxylic acids is 1. The zero-order chi connectivity index (χ0) is 13.1. The summed E-state index contributed by atoms with van der Waals surface area (Å²) in [5.74, 6) is 0.727. The van der Waals surface area contributed by atoms with Crippen molar-refractivity contribution in [2.45, 2.75) is 45.6 Å². The van der Waals surface area contributed by atoms with Gasteiger partial charge in [-0.2, -0.15) is 0 Å². The summed E-state index contributed by atoms with van der Waals surface area (Å²) in [7, 11) is 0. The number of nitrogen functional groups attached to an aromatic ring is 1. The van der Waals surface area contributed by atoms with E-state index in [1.165, 1.54) is 12.8 Å². The Morgan fingerprint density at radius 3 is 2.89 bits per heavy atom. The summed E-state index contributed by atoms with van der Waals surface area (Å²) >= 11 is 0. The molecule has 1 fully saturated rings. The van der Waals surface area contributed by atoms with Crippen LogP contribution in [-0.2, 0) is 0 Å². The quantitative estimate of drug-likeness (QED) is 0.788. The molecule has 2 atom stereocenters. The van der Waals surface area contributed by atoms with E-state index in [1.54, 1.807) is 0 Å². The van der Waals surface area contributed by atoms with Gasteiger partial charge in [0.15, 0.2) is 0 Å². The smallest absolute Gasteiger partial charge is 0.251 e. The van der Waals surface area contributed by atoms with Gasteiger partial charge < -0.3 is 11.1 Å². The zero-order valence-electron chi connectivity index (χ0n) is 11.2. The second kappa shape index (κ2) is 5.42. The molecule has 1 aromatic rings. The van der Waals surface area contributed by atoms with Gasteiger partial charge in [-0.15, -0.1) is 0 Å². The van der Waals surface area contributed by atoms with E-state index in [9.17, 15) is 4.79 Å². The molecule has 3 N–H and O–H groups in total. The van der Waals surface area contributed by atoms with Gasteiger partial charge in [0, 0.05) is 17.3 Å². The van der Waals surface area contributed by atoms with Gasteiger partial charge in [0.2, 0.25) is 0 Å². The summed E-state index contributed by atoms with van der Waals surface area (Å²) in [6, 6.07) is 5.82. The molecule has 3 heteroatoms. The first kappa shape index (κ1) is 12.9. The Balaban J connectivity index is 2.05. The van der Waals surface area contributed by atoms with Crippen molar-refractivity contribution in [2.75, 3.05) is 5.73 Å². The van der Waals surface area contributed by atoms with Crippen LogP contribution in [0.15, 0.2) is 18.2 Å². The second-order valence-corrected chi connectivity index (χ2v) is 5.46. The number of hydrogen-bond donors (Lipinski definition) is 2. The van der Waals surface area contributed by atoms with E-state index in [1.807, 2.05) is 25.1 Å². The third kappa shape index (κ3) is 2.84. The van der Waals surface area contributed by atoms with Crippen molar-refractivity contribution in [1.82, 2.24) is 5.32 Å². The van der Waals surface area contributed by atoms with Crippen molar-refractivity contribution in [3.8, 4) is 0 Å². The summed E-state index contributed by atoms with van der Waals surface area (Å²) in [5, 5.41) is 3.14. The molecular formula is C15H22N2O. The van der Waals surface area contributed by atoms with E-state index >= 15 is 0 Å². The lowest BCUT2D eigenvalue weighted by atomic mass is 9.87. The molecular weight excluding hydrogens is 224 g/mol. The third-order valence-corrected chi connectivity index (χ3v) is 3.89. The minimum atomic E-state index is 0.0129. The highest BCUT2D eigenvalue weighted by Gasteiger charge is 2.21. The molecule has 1 aliphatic carbocycles. The standard InChI is InChI=1S/C15H22N2O/c1-10-5-3-6-12(9-10)17-15(18)13-7-4-8-14(16)11(13)2/h4,7-8,10,12H,3,5-6,9,16H2,1-2H3,(H,17,18). The lowest BCUT2D eigenvalue weighted by molar-refractivity contribution is 0.0921. The molecule has 2 unspecified atom stereocenters. The van der Waals surface area contributed by atoms with E-state index in [0.717, 1.165) is 18.4 Å². The van der Waals surface area contributed by atoms with Gasteiger partial charge in [0.1, 0.15) is 0 Å². The molecule has 0 heterocycles. The topological polar surface area (TPSA) is 55.1 Å². The number of benzene rings is 1. The monoisotopic (exact) mass is 246 g/mol. The number of anilines is 1. The maximum atomic E-state index is 12.2. The molecule has 0 aliphatic heterocycles. The first-order valence-electron chi connectivity index (χ1n) is 6.74. The van der Waals surface area contributed by atoms with Crippen LogP contribution >= 0.6 is 0 Å². The van der Waals surface area contributed by atoms with Crippen molar-refractivity contribution in [1.29, 1.82) is 0 Å². The van der Waals surface area contributed by atoms with Crippen molar-refractivity contribution < 1.29 is 4.79 Å². The average molecular weight is 246 g/mol. The van der Waals surface area contributed by atoms with Gasteiger partial charge in [0.05, 0.1) is 0 Å². The predicted molar refractivity (Wildman–Crippen MR) is 74.5 cm³/mol. The van der Waals surface area contributed by atoms with E-state index in [4.69, 9.17) is 5.73 Å². The maximum absolute atomic E-state index is 12.2. The van der Waals surface area contributed by atoms with Crippen LogP contribution in [0.4, 0.5) is 5.69 Å². The van der Waals surface area contributed by atoms with E-state index < -0.39 is 0 Å². The molecule has 3 nitrogen and oxygen atoms in total. The van der Waals surface area contributed by atoms with Crippen molar-refractivity contribution in [3.05, 3.63) is 29.3 Å². The Morgan fingerprint density at radius 1 is 1.39 bits per heavy atom. The minimum absolute atomic E-state index is 0.0129. The predicted octanol–water partition coefficient (Wildman–Crippen LogP) is 2.89. The van der Waals surface area contributed by atoms with Gasteiger partial charge in [-0.25, -0.2) is 0 Å². The Kier molecular flexibility index (Phi) is 3.90. The van der Waals surface area contributed by atoms with E-state index in [-0.39, 0.29) is 5.91 Å². The van der Waals surface area contributed by atoms with Gasteiger partial charge in [-0.1, -0.05) is 25.8 Å².